The number of nitrogens with zero attached hydrogens (tertiary/aromatic N) is 1. The Kier molecular flexibility index (Phi) is 4.54. The van der Waals surface area contributed by atoms with Crippen LogP contribution in [0.3, 0.4) is 0 Å². The number of aryl methyl sites for hydroxylation is 1. The van der Waals surface area contributed by atoms with Gasteiger partial charge >= 0.3 is 0 Å². The van der Waals surface area contributed by atoms with Crippen molar-refractivity contribution in [3.63, 3.8) is 0 Å². The predicted molar refractivity (Wildman–Crippen MR) is 151 cm³/mol. The van der Waals surface area contributed by atoms with Gasteiger partial charge in [0.15, 0.2) is 0 Å². The zero-order valence-corrected chi connectivity index (χ0v) is 20.6. The van der Waals surface area contributed by atoms with E-state index in [1.54, 1.807) is 0 Å². The van der Waals surface area contributed by atoms with Gasteiger partial charge in [0.2, 0.25) is 0 Å². The van der Waals surface area contributed by atoms with Gasteiger partial charge in [-0.25, -0.2) is 0 Å². The van der Waals surface area contributed by atoms with Crippen LogP contribution in [0.15, 0.2) is 107 Å². The monoisotopic (exact) mass is 468 g/mol. The van der Waals surface area contributed by atoms with Gasteiger partial charge in [-0.15, -0.1) is 0 Å². The van der Waals surface area contributed by atoms with E-state index < -0.39 is 0 Å². The number of hydrogen-bond acceptors (Lipinski definition) is 2. The van der Waals surface area contributed by atoms with Gasteiger partial charge in [0, 0.05) is 44.7 Å². The van der Waals surface area contributed by atoms with E-state index in [1.165, 1.54) is 38.5 Å². The van der Waals surface area contributed by atoms with Crippen molar-refractivity contribution in [2.45, 2.75) is 25.8 Å². The molecule has 0 amide bonds. The van der Waals surface area contributed by atoms with Crippen LogP contribution in [-0.2, 0) is 5.54 Å². The number of para-hydroxylation sites is 2. The zero-order chi connectivity index (χ0) is 24.4. The van der Waals surface area contributed by atoms with Gasteiger partial charge < -0.3 is 14.7 Å². The number of rotatable bonds is 3. The summed E-state index contributed by atoms with van der Waals surface area (Å²) >= 11 is 0. The molecular formula is C33H28N2O. The Morgan fingerprint density at radius 2 is 1.64 bits per heavy atom. The van der Waals surface area contributed by atoms with Crippen LogP contribution in [0.5, 0.6) is 0 Å². The van der Waals surface area contributed by atoms with Crippen LogP contribution in [0, 0.1) is 6.92 Å². The summed E-state index contributed by atoms with van der Waals surface area (Å²) in [6.07, 6.45) is 7.69. The van der Waals surface area contributed by atoms with Gasteiger partial charge in [-0.2, -0.15) is 0 Å². The van der Waals surface area contributed by atoms with Crippen LogP contribution in [0.25, 0.3) is 54.9 Å². The molecule has 0 spiro atoms. The summed E-state index contributed by atoms with van der Waals surface area (Å²) in [4.78, 5) is 0. The molecule has 3 heteroatoms. The maximum absolute atomic E-state index is 6.36. The van der Waals surface area contributed by atoms with Crippen LogP contribution in [0.2, 0.25) is 0 Å². The summed E-state index contributed by atoms with van der Waals surface area (Å²) in [5.74, 6) is 0. The third kappa shape index (κ3) is 3.03. The van der Waals surface area contributed by atoms with Crippen molar-refractivity contribution >= 4 is 43.7 Å². The lowest BCUT2D eigenvalue weighted by Gasteiger charge is -2.32. The van der Waals surface area contributed by atoms with E-state index in [0.29, 0.717) is 6.54 Å². The molecule has 2 heterocycles. The second kappa shape index (κ2) is 7.71. The lowest BCUT2D eigenvalue weighted by Crippen LogP contribution is -2.29. The number of nitrogens with two attached hydrogens (primary N) is 1. The fourth-order valence-corrected chi connectivity index (χ4v) is 6.07. The molecule has 0 fully saturated rings. The minimum absolute atomic E-state index is 0.182. The van der Waals surface area contributed by atoms with Crippen molar-refractivity contribution in [1.82, 2.24) is 4.57 Å². The molecule has 1 aliphatic rings. The second-order valence-corrected chi connectivity index (χ2v) is 10.3. The molecular weight excluding hydrogens is 440 g/mol. The van der Waals surface area contributed by atoms with E-state index in [-0.39, 0.29) is 5.54 Å². The molecule has 0 saturated carbocycles. The number of hydrogen-bond donors (Lipinski definition) is 1. The van der Waals surface area contributed by atoms with Crippen molar-refractivity contribution < 1.29 is 4.42 Å². The van der Waals surface area contributed by atoms with Gasteiger partial charge in [-0.3, -0.25) is 0 Å². The predicted octanol–water partition coefficient (Wildman–Crippen LogP) is 8.23. The highest BCUT2D eigenvalue weighted by atomic mass is 16.3. The van der Waals surface area contributed by atoms with Crippen molar-refractivity contribution in [2.24, 2.45) is 5.73 Å². The van der Waals surface area contributed by atoms with E-state index in [2.05, 4.69) is 103 Å². The fourth-order valence-electron chi connectivity index (χ4n) is 6.07. The molecule has 0 bridgehead atoms. The topological polar surface area (TPSA) is 44.1 Å². The second-order valence-electron chi connectivity index (χ2n) is 10.3. The lowest BCUT2D eigenvalue weighted by molar-refractivity contribution is 0.434. The first-order valence-electron chi connectivity index (χ1n) is 12.6. The van der Waals surface area contributed by atoms with Crippen LogP contribution in [0.1, 0.15) is 18.9 Å². The fraction of sp³-hybridized carbons (Fsp3) is 0.152. The normalized spacial score (nSPS) is 18.0. The van der Waals surface area contributed by atoms with Gasteiger partial charge in [0.25, 0.3) is 0 Å². The highest BCUT2D eigenvalue weighted by Crippen LogP contribution is 2.42. The Hall–Kier alpha value is -4.08. The molecule has 4 aromatic carbocycles. The Morgan fingerprint density at radius 3 is 2.50 bits per heavy atom. The number of allylic oxidation sites excluding steroid dienone is 2. The SMILES string of the molecule is Cc1ccc2c(c1)c1cc(-c3cccc4c3oc3ccccc34)ccc1n2C1(C)C=C(CN)C=CC1. The standard InChI is InChI=1S/C33H28N2O/c1-21-12-14-29-27(17-21)28-18-23(13-15-30(28)35(29)33(2)16-6-7-22(19-33)20-34)24-9-5-10-26-25-8-3-4-11-31(25)36-32(24)26/h3-15,17-19H,16,20,34H2,1-2H3. The summed E-state index contributed by atoms with van der Waals surface area (Å²) in [5, 5.41) is 4.85. The van der Waals surface area contributed by atoms with Gasteiger partial charge in [-0.05, 0) is 61.7 Å². The third-order valence-corrected chi connectivity index (χ3v) is 7.74. The molecule has 176 valence electrons. The molecule has 2 N–H and O–H groups in total. The van der Waals surface area contributed by atoms with Crippen LogP contribution < -0.4 is 5.73 Å². The highest BCUT2D eigenvalue weighted by molar-refractivity contribution is 6.13. The summed E-state index contributed by atoms with van der Waals surface area (Å²) in [7, 11) is 0. The lowest BCUT2D eigenvalue weighted by atomic mass is 9.89. The molecule has 1 aliphatic carbocycles. The molecule has 0 radical (unpaired) electrons. The van der Waals surface area contributed by atoms with E-state index in [4.69, 9.17) is 10.2 Å². The number of aromatic nitrogens is 1. The van der Waals surface area contributed by atoms with Crippen LogP contribution in [-0.4, -0.2) is 11.1 Å². The quantitative estimate of drug-likeness (QED) is 0.284. The molecule has 1 atom stereocenters. The Morgan fingerprint density at radius 1 is 0.861 bits per heavy atom. The third-order valence-electron chi connectivity index (χ3n) is 7.74. The van der Waals surface area contributed by atoms with Crippen molar-refractivity contribution in [3.05, 3.63) is 108 Å². The average molecular weight is 469 g/mol. The first-order chi connectivity index (χ1) is 17.6. The highest BCUT2D eigenvalue weighted by Gasteiger charge is 2.29. The smallest absolute Gasteiger partial charge is 0.143 e. The van der Waals surface area contributed by atoms with Crippen LogP contribution >= 0.6 is 0 Å². The molecule has 3 nitrogen and oxygen atoms in total. The van der Waals surface area contributed by atoms with Crippen molar-refractivity contribution in [3.8, 4) is 11.1 Å². The maximum Gasteiger partial charge on any atom is 0.143 e. The van der Waals surface area contributed by atoms with Crippen molar-refractivity contribution in [1.29, 1.82) is 0 Å². The molecule has 0 aliphatic heterocycles. The summed E-state index contributed by atoms with van der Waals surface area (Å²) in [5.41, 5.74) is 14.9. The minimum atomic E-state index is -0.182. The van der Waals surface area contributed by atoms with E-state index in [1.807, 2.05) is 12.1 Å². The minimum Gasteiger partial charge on any atom is -0.455 e. The largest absolute Gasteiger partial charge is 0.455 e. The maximum atomic E-state index is 6.36. The van der Waals surface area contributed by atoms with Crippen LogP contribution in [0.4, 0.5) is 0 Å². The molecule has 0 saturated heterocycles. The zero-order valence-electron chi connectivity index (χ0n) is 20.6. The first-order valence-corrected chi connectivity index (χ1v) is 12.6. The number of furan rings is 1. The first kappa shape index (κ1) is 21.2. The van der Waals surface area contributed by atoms with E-state index >= 15 is 0 Å². The van der Waals surface area contributed by atoms with Gasteiger partial charge in [0.1, 0.15) is 11.2 Å². The summed E-state index contributed by atoms with van der Waals surface area (Å²) < 4.78 is 8.87. The molecule has 1 unspecified atom stereocenters. The number of fused-ring (bicyclic) bond motifs is 6. The van der Waals surface area contributed by atoms with E-state index in [9.17, 15) is 0 Å². The summed E-state index contributed by atoms with van der Waals surface area (Å²) in [6.45, 7) is 5.03. The van der Waals surface area contributed by atoms with E-state index in [0.717, 1.165) is 33.9 Å². The van der Waals surface area contributed by atoms with Gasteiger partial charge in [0.05, 0.1) is 5.54 Å². The van der Waals surface area contributed by atoms with Crippen molar-refractivity contribution in [2.75, 3.05) is 6.54 Å². The Bertz CT molecular complexity index is 1880. The van der Waals surface area contributed by atoms with Gasteiger partial charge in [-0.1, -0.05) is 72.3 Å². The summed E-state index contributed by atoms with van der Waals surface area (Å²) in [6, 6.07) is 28.4. The Labute approximate surface area is 210 Å². The molecule has 6 aromatic rings. The average Bonchev–Trinajstić information content (AvgIpc) is 3.44. The Balaban J connectivity index is 1.51. The molecule has 36 heavy (non-hydrogen) atoms. The molecule has 2 aromatic heterocycles. The number of benzene rings is 4. The molecule has 7 rings (SSSR count).